The van der Waals surface area contributed by atoms with Gasteiger partial charge in [0, 0.05) is 38.2 Å². The first-order valence-corrected chi connectivity index (χ1v) is 15.8. The lowest BCUT2D eigenvalue weighted by molar-refractivity contribution is -0.150. The lowest BCUT2D eigenvalue weighted by Crippen LogP contribution is -2.30. The Morgan fingerprint density at radius 3 is 1.97 bits per heavy atom. The van der Waals surface area contributed by atoms with Crippen molar-refractivity contribution in [1.29, 1.82) is 0 Å². The molecule has 0 unspecified atom stereocenters. The van der Waals surface area contributed by atoms with Crippen LogP contribution in [0.5, 0.6) is 0 Å². The number of carbonyl (C=O) groups excluding carboxylic acids is 3. The molecule has 0 fully saturated rings. The van der Waals surface area contributed by atoms with E-state index in [1.807, 2.05) is 11.9 Å². The number of hydrogen-bond acceptors (Lipinski definition) is 6. The van der Waals surface area contributed by atoms with E-state index in [9.17, 15) is 14.4 Å². The van der Waals surface area contributed by atoms with Crippen molar-refractivity contribution in [2.75, 3.05) is 32.4 Å². The van der Waals surface area contributed by atoms with Gasteiger partial charge in [-0.15, -0.1) is 0 Å². The van der Waals surface area contributed by atoms with Crippen molar-refractivity contribution in [3.63, 3.8) is 0 Å². The van der Waals surface area contributed by atoms with Gasteiger partial charge < -0.3 is 19.7 Å². The van der Waals surface area contributed by atoms with Crippen LogP contribution >= 0.6 is 11.8 Å². The molecule has 0 aromatic carbocycles. The molecule has 0 saturated carbocycles. The maximum absolute atomic E-state index is 12.6. The Labute approximate surface area is 226 Å². The molecule has 0 aromatic rings. The lowest BCUT2D eigenvalue weighted by Gasteiger charge is -2.22. The number of hydrogen-bond donors (Lipinski definition) is 1. The SMILES string of the molecule is CCCCCCC(CCCCCC)OC(=O)CCCCCN(CCCCCC=O)C(=O)SCCNC. The van der Waals surface area contributed by atoms with E-state index in [4.69, 9.17) is 4.74 Å². The zero-order valence-corrected chi connectivity index (χ0v) is 24.5. The number of nitrogens with zero attached hydrogens (tertiary/aromatic N) is 1. The second-order valence-corrected chi connectivity index (χ2v) is 10.9. The van der Waals surface area contributed by atoms with Crippen LogP contribution in [0.3, 0.4) is 0 Å². The number of nitrogens with one attached hydrogen (secondary N) is 1. The highest BCUT2D eigenvalue weighted by Crippen LogP contribution is 2.17. The average molecular weight is 529 g/mol. The molecule has 0 rings (SSSR count). The molecule has 0 atom stereocenters. The molecule has 0 aliphatic carbocycles. The summed E-state index contributed by atoms with van der Waals surface area (Å²) in [6.07, 6.45) is 19.2. The summed E-state index contributed by atoms with van der Waals surface area (Å²) in [4.78, 5) is 37.6. The molecule has 36 heavy (non-hydrogen) atoms. The summed E-state index contributed by atoms with van der Waals surface area (Å²) in [7, 11) is 1.89. The van der Waals surface area contributed by atoms with Gasteiger partial charge in [0.25, 0.3) is 5.24 Å². The van der Waals surface area contributed by atoms with Crippen LogP contribution in [0.4, 0.5) is 4.79 Å². The van der Waals surface area contributed by atoms with Gasteiger partial charge in [-0.2, -0.15) is 0 Å². The van der Waals surface area contributed by atoms with Crippen LogP contribution in [-0.4, -0.2) is 60.9 Å². The topological polar surface area (TPSA) is 75.7 Å². The van der Waals surface area contributed by atoms with Crippen molar-refractivity contribution in [2.45, 2.75) is 136 Å². The van der Waals surface area contributed by atoms with Gasteiger partial charge in [0.05, 0.1) is 0 Å². The first-order valence-electron chi connectivity index (χ1n) is 14.8. The quantitative estimate of drug-likeness (QED) is 0.0710. The molecular formula is C29H56N2O4S. The molecule has 6 nitrogen and oxygen atoms in total. The molecule has 0 radical (unpaired) electrons. The third-order valence-corrected chi connectivity index (χ3v) is 7.37. The Hall–Kier alpha value is -1.08. The normalized spacial score (nSPS) is 11.1. The molecule has 0 aromatic heterocycles. The van der Waals surface area contributed by atoms with E-state index in [1.165, 1.54) is 50.3 Å². The van der Waals surface area contributed by atoms with Crippen molar-refractivity contribution in [3.8, 4) is 0 Å². The Balaban J connectivity index is 4.35. The fourth-order valence-corrected chi connectivity index (χ4v) is 5.03. The number of unbranched alkanes of at least 4 members (excludes halogenated alkanes) is 11. The van der Waals surface area contributed by atoms with Crippen LogP contribution in [0.1, 0.15) is 129 Å². The van der Waals surface area contributed by atoms with E-state index in [0.29, 0.717) is 12.8 Å². The maximum atomic E-state index is 12.6. The Morgan fingerprint density at radius 2 is 1.42 bits per heavy atom. The molecule has 7 heteroatoms. The predicted molar refractivity (Wildman–Crippen MR) is 154 cm³/mol. The van der Waals surface area contributed by atoms with E-state index in [2.05, 4.69) is 19.2 Å². The smallest absolute Gasteiger partial charge is 0.306 e. The largest absolute Gasteiger partial charge is 0.462 e. The van der Waals surface area contributed by atoms with Gasteiger partial charge in [-0.1, -0.05) is 77.0 Å². The highest BCUT2D eigenvalue weighted by atomic mass is 32.2. The molecule has 0 aliphatic rings. The molecule has 0 heterocycles. The van der Waals surface area contributed by atoms with E-state index in [0.717, 1.165) is 95.9 Å². The van der Waals surface area contributed by atoms with Gasteiger partial charge in [-0.3, -0.25) is 9.59 Å². The average Bonchev–Trinajstić information content (AvgIpc) is 2.87. The fraction of sp³-hybridized carbons (Fsp3) is 0.897. The molecule has 0 aliphatic heterocycles. The van der Waals surface area contributed by atoms with Gasteiger partial charge in [0.2, 0.25) is 0 Å². The number of thioether (sulfide) groups is 1. The van der Waals surface area contributed by atoms with Crippen LogP contribution in [0.2, 0.25) is 0 Å². The Kier molecular flexibility index (Phi) is 26.2. The molecule has 1 N–H and O–H groups in total. The van der Waals surface area contributed by atoms with Crippen LogP contribution < -0.4 is 5.32 Å². The molecule has 0 bridgehead atoms. The second kappa shape index (κ2) is 27.0. The minimum Gasteiger partial charge on any atom is -0.462 e. The van der Waals surface area contributed by atoms with Gasteiger partial charge in [0.15, 0.2) is 0 Å². The molecule has 212 valence electrons. The molecular weight excluding hydrogens is 472 g/mol. The first-order chi connectivity index (χ1) is 17.6. The van der Waals surface area contributed by atoms with E-state index in [1.54, 1.807) is 0 Å². The standard InChI is InChI=1S/C29H56N2O4S/c1-4-6-8-13-19-27(20-14-9-7-5-2)35-28(33)21-15-12-17-24-31(23-16-10-11-18-25-32)29(34)36-26-22-30-3/h25,27,30H,4-24,26H2,1-3H3. The van der Waals surface area contributed by atoms with Crippen LogP contribution in [0.15, 0.2) is 0 Å². The number of carbonyl (C=O) groups is 3. The van der Waals surface area contributed by atoms with Gasteiger partial charge >= 0.3 is 5.97 Å². The van der Waals surface area contributed by atoms with Crippen LogP contribution in [-0.2, 0) is 14.3 Å². The van der Waals surface area contributed by atoms with Crippen molar-refractivity contribution in [3.05, 3.63) is 0 Å². The van der Waals surface area contributed by atoms with E-state index < -0.39 is 0 Å². The summed E-state index contributed by atoms with van der Waals surface area (Å²) < 4.78 is 5.88. The molecule has 0 spiro atoms. The highest BCUT2D eigenvalue weighted by molar-refractivity contribution is 8.13. The van der Waals surface area contributed by atoms with Crippen LogP contribution in [0, 0.1) is 0 Å². The summed E-state index contributed by atoms with van der Waals surface area (Å²) in [5.41, 5.74) is 0. The summed E-state index contributed by atoms with van der Waals surface area (Å²) >= 11 is 1.37. The second-order valence-electron chi connectivity index (χ2n) is 9.84. The van der Waals surface area contributed by atoms with Crippen molar-refractivity contribution in [2.24, 2.45) is 0 Å². The summed E-state index contributed by atoms with van der Waals surface area (Å²) in [6, 6.07) is 0. The van der Waals surface area contributed by atoms with E-state index in [-0.39, 0.29) is 17.3 Å². The number of amides is 1. The fourth-order valence-electron chi connectivity index (χ4n) is 4.19. The minimum absolute atomic E-state index is 0.0586. The van der Waals surface area contributed by atoms with Crippen molar-refractivity contribution < 1.29 is 19.1 Å². The summed E-state index contributed by atoms with van der Waals surface area (Å²) in [5, 5.41) is 3.21. The summed E-state index contributed by atoms with van der Waals surface area (Å²) in [6.45, 7) is 6.71. The van der Waals surface area contributed by atoms with Crippen molar-refractivity contribution >= 4 is 29.3 Å². The van der Waals surface area contributed by atoms with Gasteiger partial charge in [-0.05, 0) is 58.4 Å². The zero-order chi connectivity index (χ0) is 26.7. The zero-order valence-electron chi connectivity index (χ0n) is 23.7. The molecule has 0 saturated heterocycles. The maximum Gasteiger partial charge on any atom is 0.306 e. The number of aldehydes is 1. The summed E-state index contributed by atoms with van der Waals surface area (Å²) in [5.74, 6) is 0.706. The number of esters is 1. The van der Waals surface area contributed by atoms with Crippen molar-refractivity contribution in [1.82, 2.24) is 10.2 Å². The minimum atomic E-state index is -0.0586. The first kappa shape index (κ1) is 34.9. The van der Waals surface area contributed by atoms with Gasteiger partial charge in [-0.25, -0.2) is 0 Å². The third-order valence-electron chi connectivity index (χ3n) is 6.45. The number of ether oxygens (including phenoxy) is 1. The Bertz CT molecular complexity index is 521. The third kappa shape index (κ3) is 22.1. The monoisotopic (exact) mass is 528 g/mol. The Morgan fingerprint density at radius 1 is 0.833 bits per heavy atom. The predicted octanol–water partition coefficient (Wildman–Crippen LogP) is 7.53. The molecule has 1 amide bonds. The lowest BCUT2D eigenvalue weighted by atomic mass is 10.0. The number of rotatable bonds is 26. The van der Waals surface area contributed by atoms with Gasteiger partial charge in [0.1, 0.15) is 12.4 Å². The van der Waals surface area contributed by atoms with Crippen LogP contribution in [0.25, 0.3) is 0 Å². The highest BCUT2D eigenvalue weighted by Gasteiger charge is 2.15. The van der Waals surface area contributed by atoms with E-state index >= 15 is 0 Å².